The van der Waals surface area contributed by atoms with Crippen LogP contribution in [0.3, 0.4) is 0 Å². The van der Waals surface area contributed by atoms with Crippen LogP contribution in [0.5, 0.6) is 0 Å². The minimum atomic E-state index is -0.597. The Morgan fingerprint density at radius 3 is 2.69 bits per heavy atom. The Balaban J connectivity index is 1.81. The molecule has 1 atom stereocenters. The first-order chi connectivity index (χ1) is 15.4. The Morgan fingerprint density at radius 2 is 1.94 bits per heavy atom. The number of nitriles is 1. The Kier molecular flexibility index (Phi) is 5.93. The standard InChI is InChI=1S/C25H19ClFN3O2/c26-18-11-21-20(22(27)12-18)8-9-23(21)30(14-17-5-1-2-7-19(17)24(29)31)25(32)16-6-3-4-15(10-16)13-28/h1-7,10-12,23H,8-9,14H2,(H2,29,31)/t23-/m1/s1. The minimum absolute atomic E-state index is 0.0902. The molecule has 7 heteroatoms. The Hall–Kier alpha value is -3.69. The van der Waals surface area contributed by atoms with E-state index in [1.807, 2.05) is 6.07 Å². The molecule has 0 unspecified atom stereocenters. The first kappa shape index (κ1) is 21.5. The number of rotatable bonds is 5. The average Bonchev–Trinajstić information content (AvgIpc) is 3.21. The molecule has 32 heavy (non-hydrogen) atoms. The predicted octanol–water partition coefficient (Wildman–Crippen LogP) is 4.78. The van der Waals surface area contributed by atoms with E-state index in [2.05, 4.69) is 0 Å². The topological polar surface area (TPSA) is 87.2 Å². The number of halogens is 2. The molecule has 4 rings (SSSR count). The van der Waals surface area contributed by atoms with Gasteiger partial charge in [0, 0.05) is 22.7 Å². The highest BCUT2D eigenvalue weighted by Crippen LogP contribution is 2.40. The van der Waals surface area contributed by atoms with Gasteiger partial charge in [-0.05, 0) is 65.9 Å². The normalized spacial score (nSPS) is 14.5. The molecule has 5 nitrogen and oxygen atoms in total. The molecule has 0 saturated carbocycles. The van der Waals surface area contributed by atoms with Crippen LogP contribution in [0.4, 0.5) is 4.39 Å². The van der Waals surface area contributed by atoms with Crippen LogP contribution in [-0.4, -0.2) is 16.7 Å². The van der Waals surface area contributed by atoms with E-state index in [4.69, 9.17) is 17.3 Å². The summed E-state index contributed by atoms with van der Waals surface area (Å²) in [6.45, 7) is 0.0902. The van der Waals surface area contributed by atoms with E-state index in [1.54, 1.807) is 53.4 Å². The molecule has 0 aliphatic heterocycles. The summed E-state index contributed by atoms with van der Waals surface area (Å²) in [7, 11) is 0. The van der Waals surface area contributed by atoms with Gasteiger partial charge in [-0.2, -0.15) is 5.26 Å². The molecule has 1 aliphatic carbocycles. The fraction of sp³-hybridized carbons (Fsp3) is 0.160. The molecule has 0 fully saturated rings. The number of fused-ring (bicyclic) bond motifs is 1. The molecule has 0 aromatic heterocycles. The van der Waals surface area contributed by atoms with E-state index >= 15 is 0 Å². The summed E-state index contributed by atoms with van der Waals surface area (Å²) in [4.78, 5) is 27.2. The van der Waals surface area contributed by atoms with E-state index in [9.17, 15) is 19.2 Å². The van der Waals surface area contributed by atoms with Crippen molar-refractivity contribution in [1.29, 1.82) is 5.26 Å². The highest BCUT2D eigenvalue weighted by molar-refractivity contribution is 6.30. The number of amides is 2. The van der Waals surface area contributed by atoms with Crippen LogP contribution in [-0.2, 0) is 13.0 Å². The maximum atomic E-state index is 14.5. The van der Waals surface area contributed by atoms with Crippen LogP contribution in [0.15, 0.2) is 60.7 Å². The van der Waals surface area contributed by atoms with Gasteiger partial charge in [-0.15, -0.1) is 0 Å². The van der Waals surface area contributed by atoms with Crippen molar-refractivity contribution in [1.82, 2.24) is 4.90 Å². The smallest absolute Gasteiger partial charge is 0.254 e. The maximum Gasteiger partial charge on any atom is 0.254 e. The third-order valence-electron chi connectivity index (χ3n) is 5.72. The average molecular weight is 448 g/mol. The molecule has 2 amide bonds. The summed E-state index contributed by atoms with van der Waals surface area (Å²) in [6, 6.07) is 17.8. The highest BCUT2D eigenvalue weighted by atomic mass is 35.5. The summed E-state index contributed by atoms with van der Waals surface area (Å²) in [5.41, 5.74) is 8.30. The largest absolute Gasteiger partial charge is 0.366 e. The molecule has 0 spiro atoms. The SMILES string of the molecule is N#Cc1cccc(C(=O)N(Cc2ccccc2C(N)=O)[C@@H]2CCc3c(F)cc(Cl)cc32)c1. The number of carbonyl (C=O) groups excluding carboxylic acids is 2. The first-order valence-electron chi connectivity index (χ1n) is 10.1. The molecule has 0 bridgehead atoms. The Bertz CT molecular complexity index is 1270. The molecular formula is C25H19ClFN3O2. The Morgan fingerprint density at radius 1 is 1.16 bits per heavy atom. The van der Waals surface area contributed by atoms with Gasteiger partial charge in [0.05, 0.1) is 17.7 Å². The van der Waals surface area contributed by atoms with Gasteiger partial charge in [-0.3, -0.25) is 9.59 Å². The van der Waals surface area contributed by atoms with E-state index in [0.29, 0.717) is 46.2 Å². The molecule has 0 heterocycles. The summed E-state index contributed by atoms with van der Waals surface area (Å²) >= 11 is 6.12. The minimum Gasteiger partial charge on any atom is -0.366 e. The van der Waals surface area contributed by atoms with Crippen molar-refractivity contribution in [2.24, 2.45) is 5.73 Å². The fourth-order valence-electron chi connectivity index (χ4n) is 4.24. The van der Waals surface area contributed by atoms with E-state index in [0.717, 1.165) is 0 Å². The quantitative estimate of drug-likeness (QED) is 0.610. The number of carbonyl (C=O) groups is 2. The third kappa shape index (κ3) is 4.08. The third-order valence-corrected chi connectivity index (χ3v) is 5.94. The first-order valence-corrected chi connectivity index (χ1v) is 10.4. The van der Waals surface area contributed by atoms with E-state index in [-0.39, 0.29) is 17.5 Å². The lowest BCUT2D eigenvalue weighted by molar-refractivity contribution is 0.0656. The summed E-state index contributed by atoms with van der Waals surface area (Å²) < 4.78 is 14.5. The molecule has 3 aromatic carbocycles. The second kappa shape index (κ2) is 8.81. The number of nitrogens with two attached hydrogens (primary N) is 1. The lowest BCUT2D eigenvalue weighted by atomic mass is 10.0. The molecule has 2 N–H and O–H groups in total. The number of hydrogen-bond donors (Lipinski definition) is 1. The van der Waals surface area contributed by atoms with Crippen molar-refractivity contribution in [3.63, 3.8) is 0 Å². The molecule has 0 saturated heterocycles. The summed E-state index contributed by atoms with van der Waals surface area (Å²) in [5.74, 6) is -1.33. The number of hydrogen-bond acceptors (Lipinski definition) is 3. The lowest BCUT2D eigenvalue weighted by Crippen LogP contribution is -2.34. The van der Waals surface area contributed by atoms with Crippen LogP contribution < -0.4 is 5.73 Å². The van der Waals surface area contributed by atoms with Gasteiger partial charge < -0.3 is 10.6 Å². The summed E-state index contributed by atoms with van der Waals surface area (Å²) in [5, 5.41) is 9.49. The van der Waals surface area contributed by atoms with Crippen molar-refractivity contribution in [3.05, 3.63) is 105 Å². The molecule has 160 valence electrons. The van der Waals surface area contributed by atoms with Crippen LogP contribution in [0, 0.1) is 17.1 Å². The number of primary amides is 1. The van der Waals surface area contributed by atoms with Gasteiger partial charge in [0.25, 0.3) is 5.91 Å². The van der Waals surface area contributed by atoms with Crippen LogP contribution in [0.2, 0.25) is 5.02 Å². The second-order valence-corrected chi connectivity index (χ2v) is 8.09. The van der Waals surface area contributed by atoms with Gasteiger partial charge in [-0.1, -0.05) is 35.9 Å². The Labute approximate surface area is 189 Å². The number of benzene rings is 3. The van der Waals surface area contributed by atoms with Crippen molar-refractivity contribution < 1.29 is 14.0 Å². The highest BCUT2D eigenvalue weighted by Gasteiger charge is 2.34. The van der Waals surface area contributed by atoms with Crippen molar-refractivity contribution in [3.8, 4) is 6.07 Å². The monoisotopic (exact) mass is 447 g/mol. The van der Waals surface area contributed by atoms with Gasteiger partial charge in [-0.25, -0.2) is 4.39 Å². The van der Waals surface area contributed by atoms with Crippen LogP contribution in [0.1, 0.15) is 55.4 Å². The van der Waals surface area contributed by atoms with Gasteiger partial charge in [0.15, 0.2) is 0 Å². The molecular weight excluding hydrogens is 429 g/mol. The second-order valence-electron chi connectivity index (χ2n) is 7.66. The van der Waals surface area contributed by atoms with E-state index in [1.165, 1.54) is 12.1 Å². The number of nitrogens with zero attached hydrogens (tertiary/aromatic N) is 2. The zero-order valence-corrected chi connectivity index (χ0v) is 17.8. The van der Waals surface area contributed by atoms with Crippen molar-refractivity contribution in [2.45, 2.75) is 25.4 Å². The summed E-state index contributed by atoms with van der Waals surface area (Å²) in [6.07, 6.45) is 0.970. The molecule has 3 aromatic rings. The van der Waals surface area contributed by atoms with Crippen molar-refractivity contribution >= 4 is 23.4 Å². The van der Waals surface area contributed by atoms with Crippen LogP contribution in [0.25, 0.3) is 0 Å². The molecule has 1 aliphatic rings. The maximum absolute atomic E-state index is 14.5. The van der Waals surface area contributed by atoms with E-state index < -0.39 is 17.8 Å². The predicted molar refractivity (Wildman–Crippen MR) is 118 cm³/mol. The van der Waals surface area contributed by atoms with Crippen LogP contribution >= 0.6 is 11.6 Å². The van der Waals surface area contributed by atoms with Gasteiger partial charge >= 0.3 is 0 Å². The zero-order chi connectivity index (χ0) is 22.8. The molecule has 0 radical (unpaired) electrons. The van der Waals surface area contributed by atoms with Gasteiger partial charge in [0.1, 0.15) is 5.82 Å². The van der Waals surface area contributed by atoms with Gasteiger partial charge in [0.2, 0.25) is 5.91 Å². The fourth-order valence-corrected chi connectivity index (χ4v) is 4.45. The zero-order valence-electron chi connectivity index (χ0n) is 17.0. The lowest BCUT2D eigenvalue weighted by Gasteiger charge is -2.31. The van der Waals surface area contributed by atoms with Crippen molar-refractivity contribution in [2.75, 3.05) is 0 Å².